The summed E-state index contributed by atoms with van der Waals surface area (Å²) < 4.78 is 0. The SMILES string of the molecule is CCN(C(=O)NCC(C)(C)C(C)C)C(C)(C)C(=O)O. The van der Waals surface area contributed by atoms with Gasteiger partial charge in [0.2, 0.25) is 0 Å². The third kappa shape index (κ3) is 4.40. The molecule has 19 heavy (non-hydrogen) atoms. The number of rotatable bonds is 6. The van der Waals surface area contributed by atoms with Crippen LogP contribution in [0.5, 0.6) is 0 Å². The molecule has 5 heteroatoms. The van der Waals surface area contributed by atoms with Gasteiger partial charge in [0.05, 0.1) is 0 Å². The summed E-state index contributed by atoms with van der Waals surface area (Å²) in [4.78, 5) is 24.7. The fourth-order valence-corrected chi connectivity index (χ4v) is 1.51. The van der Waals surface area contributed by atoms with Crippen molar-refractivity contribution in [2.45, 2.75) is 54.0 Å². The Morgan fingerprint density at radius 1 is 1.21 bits per heavy atom. The average Bonchev–Trinajstić information content (AvgIpc) is 2.26. The first-order valence-electron chi connectivity index (χ1n) is 6.75. The molecule has 0 heterocycles. The van der Waals surface area contributed by atoms with Crippen molar-refractivity contribution in [1.82, 2.24) is 10.2 Å². The number of aliphatic carboxylic acids is 1. The van der Waals surface area contributed by atoms with Crippen molar-refractivity contribution in [1.29, 1.82) is 0 Å². The number of carboxylic acid groups (broad SMARTS) is 1. The fourth-order valence-electron chi connectivity index (χ4n) is 1.51. The Kier molecular flexibility index (Phi) is 5.84. The molecule has 0 aromatic rings. The maximum absolute atomic E-state index is 12.1. The van der Waals surface area contributed by atoms with Gasteiger partial charge in [-0.05, 0) is 32.1 Å². The number of nitrogens with one attached hydrogen (secondary N) is 1. The summed E-state index contributed by atoms with van der Waals surface area (Å²) in [5, 5.41) is 12.0. The zero-order valence-electron chi connectivity index (χ0n) is 13.2. The molecular formula is C14H28N2O3. The Morgan fingerprint density at radius 2 is 1.68 bits per heavy atom. The van der Waals surface area contributed by atoms with E-state index in [0.717, 1.165) is 0 Å². The summed E-state index contributed by atoms with van der Waals surface area (Å²) in [6.45, 7) is 14.1. The zero-order valence-corrected chi connectivity index (χ0v) is 13.2. The summed E-state index contributed by atoms with van der Waals surface area (Å²) in [5.41, 5.74) is -1.23. The number of carbonyl (C=O) groups excluding carboxylic acids is 1. The van der Waals surface area contributed by atoms with E-state index in [9.17, 15) is 14.7 Å². The topological polar surface area (TPSA) is 69.6 Å². The molecule has 2 N–H and O–H groups in total. The van der Waals surface area contributed by atoms with Gasteiger partial charge in [-0.2, -0.15) is 0 Å². The molecule has 0 aromatic heterocycles. The minimum absolute atomic E-state index is 0.0254. The molecule has 0 rings (SSSR count). The van der Waals surface area contributed by atoms with Gasteiger partial charge in [-0.25, -0.2) is 9.59 Å². The second kappa shape index (κ2) is 6.26. The quantitative estimate of drug-likeness (QED) is 0.780. The highest BCUT2D eigenvalue weighted by molar-refractivity contribution is 5.85. The van der Waals surface area contributed by atoms with E-state index in [1.165, 1.54) is 18.7 Å². The summed E-state index contributed by atoms with van der Waals surface area (Å²) in [7, 11) is 0. The van der Waals surface area contributed by atoms with Crippen LogP contribution in [0.1, 0.15) is 48.5 Å². The van der Waals surface area contributed by atoms with E-state index in [2.05, 4.69) is 33.0 Å². The van der Waals surface area contributed by atoms with Gasteiger partial charge in [0, 0.05) is 13.1 Å². The van der Waals surface area contributed by atoms with Gasteiger partial charge in [-0.15, -0.1) is 0 Å². The van der Waals surface area contributed by atoms with Crippen molar-refractivity contribution in [2.24, 2.45) is 11.3 Å². The van der Waals surface area contributed by atoms with Crippen LogP contribution in [-0.2, 0) is 4.79 Å². The van der Waals surface area contributed by atoms with Crippen LogP contribution in [0.15, 0.2) is 0 Å². The van der Waals surface area contributed by atoms with E-state index < -0.39 is 11.5 Å². The van der Waals surface area contributed by atoms with Crippen molar-refractivity contribution >= 4 is 12.0 Å². The highest BCUT2D eigenvalue weighted by Gasteiger charge is 2.37. The lowest BCUT2D eigenvalue weighted by atomic mass is 9.81. The van der Waals surface area contributed by atoms with E-state index >= 15 is 0 Å². The number of nitrogens with zero attached hydrogens (tertiary/aromatic N) is 1. The number of carbonyl (C=O) groups is 2. The highest BCUT2D eigenvalue weighted by atomic mass is 16.4. The maximum atomic E-state index is 12.1. The lowest BCUT2D eigenvalue weighted by Gasteiger charge is -2.36. The molecule has 5 nitrogen and oxygen atoms in total. The van der Waals surface area contributed by atoms with E-state index in [1.54, 1.807) is 6.92 Å². The van der Waals surface area contributed by atoms with Crippen LogP contribution in [0.2, 0.25) is 0 Å². The monoisotopic (exact) mass is 272 g/mol. The number of carboxylic acids is 1. The number of hydrogen-bond acceptors (Lipinski definition) is 2. The van der Waals surface area contributed by atoms with Crippen molar-refractivity contribution in [3.63, 3.8) is 0 Å². The van der Waals surface area contributed by atoms with Crippen molar-refractivity contribution < 1.29 is 14.7 Å². The van der Waals surface area contributed by atoms with Crippen LogP contribution in [0, 0.1) is 11.3 Å². The number of likely N-dealkylation sites (N-methyl/N-ethyl adjacent to an activating group) is 1. The molecule has 112 valence electrons. The van der Waals surface area contributed by atoms with Gasteiger partial charge in [-0.3, -0.25) is 0 Å². The molecule has 0 spiro atoms. The number of hydrogen-bond donors (Lipinski definition) is 2. The fraction of sp³-hybridized carbons (Fsp3) is 0.857. The third-order valence-corrected chi connectivity index (χ3v) is 4.02. The second-order valence-corrected chi connectivity index (χ2v) is 6.41. The second-order valence-electron chi connectivity index (χ2n) is 6.41. The van der Waals surface area contributed by atoms with Crippen molar-refractivity contribution in [3.05, 3.63) is 0 Å². The molecule has 0 atom stereocenters. The zero-order chi connectivity index (χ0) is 15.4. The standard InChI is InChI=1S/C14H28N2O3/c1-8-16(14(6,7)11(17)18)12(19)15-9-13(4,5)10(2)3/h10H,8-9H2,1-7H3,(H,15,19)(H,17,18). The number of urea groups is 1. The molecule has 0 aliphatic heterocycles. The maximum Gasteiger partial charge on any atom is 0.329 e. The molecule has 0 unspecified atom stereocenters. The molecule has 0 fully saturated rings. The molecule has 0 aliphatic rings. The average molecular weight is 272 g/mol. The third-order valence-electron chi connectivity index (χ3n) is 4.02. The number of amides is 2. The van der Waals surface area contributed by atoms with Crippen LogP contribution in [0.25, 0.3) is 0 Å². The van der Waals surface area contributed by atoms with Crippen LogP contribution in [0.3, 0.4) is 0 Å². The van der Waals surface area contributed by atoms with Gasteiger partial charge >= 0.3 is 12.0 Å². The van der Waals surface area contributed by atoms with Gasteiger partial charge in [0.1, 0.15) is 5.54 Å². The molecule has 0 radical (unpaired) electrons. The largest absolute Gasteiger partial charge is 0.480 e. The van der Waals surface area contributed by atoms with E-state index in [1.807, 2.05) is 0 Å². The molecule has 0 saturated carbocycles. The first-order valence-corrected chi connectivity index (χ1v) is 6.75. The Labute approximate surface area is 116 Å². The highest BCUT2D eigenvalue weighted by Crippen LogP contribution is 2.25. The summed E-state index contributed by atoms with van der Waals surface area (Å²) in [6.07, 6.45) is 0. The van der Waals surface area contributed by atoms with E-state index in [0.29, 0.717) is 19.0 Å². The van der Waals surface area contributed by atoms with E-state index in [4.69, 9.17) is 0 Å². The smallest absolute Gasteiger partial charge is 0.329 e. The summed E-state index contributed by atoms with van der Waals surface area (Å²) in [5.74, 6) is -0.581. The van der Waals surface area contributed by atoms with Crippen molar-refractivity contribution in [3.8, 4) is 0 Å². The Bertz CT molecular complexity index is 336. The van der Waals surface area contributed by atoms with Gasteiger partial charge in [0.15, 0.2) is 0 Å². The lowest BCUT2D eigenvalue weighted by Crippen LogP contribution is -2.57. The van der Waals surface area contributed by atoms with Crippen LogP contribution < -0.4 is 5.32 Å². The lowest BCUT2D eigenvalue weighted by molar-refractivity contribution is -0.147. The molecule has 0 saturated heterocycles. The molecular weight excluding hydrogens is 244 g/mol. The summed E-state index contributed by atoms with van der Waals surface area (Å²) in [6, 6.07) is -0.330. The van der Waals surface area contributed by atoms with Crippen LogP contribution in [-0.4, -0.2) is 40.6 Å². The predicted octanol–water partition coefficient (Wildman–Crippen LogP) is 2.56. The normalized spacial score (nSPS) is 12.4. The first kappa shape index (κ1) is 17.7. The minimum atomic E-state index is -1.21. The van der Waals surface area contributed by atoms with E-state index in [-0.39, 0.29) is 11.4 Å². The molecule has 0 aliphatic carbocycles. The minimum Gasteiger partial charge on any atom is -0.480 e. The molecule has 2 amide bonds. The predicted molar refractivity (Wildman–Crippen MR) is 76.1 cm³/mol. The van der Waals surface area contributed by atoms with Crippen LogP contribution in [0.4, 0.5) is 4.79 Å². The van der Waals surface area contributed by atoms with Gasteiger partial charge in [-0.1, -0.05) is 27.7 Å². The Morgan fingerprint density at radius 3 is 2.00 bits per heavy atom. The van der Waals surface area contributed by atoms with Crippen molar-refractivity contribution in [2.75, 3.05) is 13.1 Å². The molecule has 0 bridgehead atoms. The molecule has 0 aromatic carbocycles. The first-order chi connectivity index (χ1) is 8.46. The Hall–Kier alpha value is -1.26. The van der Waals surface area contributed by atoms with Crippen LogP contribution >= 0.6 is 0 Å². The van der Waals surface area contributed by atoms with Gasteiger partial charge < -0.3 is 15.3 Å². The Balaban J connectivity index is 4.77. The summed E-state index contributed by atoms with van der Waals surface area (Å²) >= 11 is 0. The van der Waals surface area contributed by atoms with Gasteiger partial charge in [0.25, 0.3) is 0 Å².